The second kappa shape index (κ2) is 6.89. The number of carbonyl (C=O) groups excluding carboxylic acids is 1. The third kappa shape index (κ3) is 3.95. The molecular weight excluding hydrogens is 252 g/mol. The summed E-state index contributed by atoms with van der Waals surface area (Å²) in [6.45, 7) is 6.02. The fourth-order valence-electron chi connectivity index (χ4n) is 2.05. The summed E-state index contributed by atoms with van der Waals surface area (Å²) < 4.78 is 5.77. The molecule has 4 heteroatoms. The highest BCUT2D eigenvalue weighted by molar-refractivity contribution is 5.94. The van der Waals surface area contributed by atoms with Gasteiger partial charge in [-0.2, -0.15) is 0 Å². The van der Waals surface area contributed by atoms with Crippen molar-refractivity contribution in [2.24, 2.45) is 4.99 Å². The third-order valence-electron chi connectivity index (χ3n) is 3.21. The zero-order valence-electron chi connectivity index (χ0n) is 12.0. The van der Waals surface area contributed by atoms with Crippen LogP contribution in [0.25, 0.3) is 0 Å². The van der Waals surface area contributed by atoms with Crippen molar-refractivity contribution in [3.05, 3.63) is 41.7 Å². The Kier molecular flexibility index (Phi) is 4.93. The first kappa shape index (κ1) is 14.3. The van der Waals surface area contributed by atoms with E-state index in [0.29, 0.717) is 6.61 Å². The number of nitrogens with zero attached hydrogens (tertiary/aromatic N) is 2. The predicted molar refractivity (Wildman–Crippen MR) is 80.5 cm³/mol. The maximum Gasteiger partial charge on any atom is 0.159 e. The Labute approximate surface area is 119 Å². The van der Waals surface area contributed by atoms with Crippen LogP contribution in [-0.4, -0.2) is 36.6 Å². The van der Waals surface area contributed by atoms with Gasteiger partial charge in [-0.25, -0.2) is 0 Å². The van der Waals surface area contributed by atoms with Crippen LogP contribution in [0.4, 0.5) is 0 Å². The SMILES string of the molecule is CC(=O)c1ccc(OCCCN2C=CN=CC2)c(C)c1. The highest BCUT2D eigenvalue weighted by atomic mass is 16.5. The van der Waals surface area contributed by atoms with Gasteiger partial charge in [-0.15, -0.1) is 0 Å². The molecule has 0 saturated carbocycles. The van der Waals surface area contributed by atoms with E-state index < -0.39 is 0 Å². The summed E-state index contributed by atoms with van der Waals surface area (Å²) in [4.78, 5) is 17.5. The van der Waals surface area contributed by atoms with E-state index in [-0.39, 0.29) is 5.78 Å². The summed E-state index contributed by atoms with van der Waals surface area (Å²) in [5.74, 6) is 0.934. The first-order chi connectivity index (χ1) is 9.66. The molecule has 0 unspecified atom stereocenters. The molecule has 1 aromatic carbocycles. The fourth-order valence-corrected chi connectivity index (χ4v) is 2.05. The molecule has 0 aliphatic carbocycles. The van der Waals surface area contributed by atoms with E-state index in [1.807, 2.05) is 37.5 Å². The Morgan fingerprint density at radius 2 is 2.30 bits per heavy atom. The summed E-state index contributed by atoms with van der Waals surface area (Å²) in [6.07, 6.45) is 6.64. The molecule has 0 bridgehead atoms. The van der Waals surface area contributed by atoms with Gasteiger partial charge in [0.05, 0.1) is 13.2 Å². The van der Waals surface area contributed by atoms with Gasteiger partial charge in [-0.05, 0) is 44.0 Å². The van der Waals surface area contributed by atoms with Crippen LogP contribution in [0, 0.1) is 6.92 Å². The second-order valence-electron chi connectivity index (χ2n) is 4.86. The molecule has 0 N–H and O–H groups in total. The quantitative estimate of drug-likeness (QED) is 0.590. The molecule has 4 nitrogen and oxygen atoms in total. The van der Waals surface area contributed by atoms with Gasteiger partial charge in [0.15, 0.2) is 5.78 Å². The van der Waals surface area contributed by atoms with Crippen LogP contribution in [0.15, 0.2) is 35.6 Å². The average molecular weight is 272 g/mol. The molecule has 1 aliphatic heterocycles. The Bertz CT molecular complexity index is 535. The average Bonchev–Trinajstić information content (AvgIpc) is 2.46. The Morgan fingerprint density at radius 3 is 2.95 bits per heavy atom. The minimum Gasteiger partial charge on any atom is -0.493 e. The zero-order valence-corrected chi connectivity index (χ0v) is 12.0. The minimum absolute atomic E-state index is 0.0817. The molecular formula is C16H20N2O2. The lowest BCUT2D eigenvalue weighted by molar-refractivity contribution is 0.101. The lowest BCUT2D eigenvalue weighted by atomic mass is 10.1. The molecule has 0 spiro atoms. The molecule has 0 amide bonds. The number of ketones is 1. The highest BCUT2D eigenvalue weighted by Gasteiger charge is 2.05. The summed E-state index contributed by atoms with van der Waals surface area (Å²) in [6, 6.07) is 5.57. The number of ether oxygens (including phenoxy) is 1. The maximum absolute atomic E-state index is 11.3. The third-order valence-corrected chi connectivity index (χ3v) is 3.21. The number of benzene rings is 1. The fraction of sp³-hybridized carbons (Fsp3) is 0.375. The lowest BCUT2D eigenvalue weighted by Gasteiger charge is -2.19. The Balaban J connectivity index is 1.78. The topological polar surface area (TPSA) is 41.9 Å². The van der Waals surface area contributed by atoms with Gasteiger partial charge in [0.1, 0.15) is 5.75 Å². The van der Waals surface area contributed by atoms with Crippen LogP contribution >= 0.6 is 0 Å². The van der Waals surface area contributed by atoms with Crippen molar-refractivity contribution in [3.63, 3.8) is 0 Å². The maximum atomic E-state index is 11.3. The van der Waals surface area contributed by atoms with Crippen LogP contribution in [0.2, 0.25) is 0 Å². The van der Waals surface area contributed by atoms with Crippen LogP contribution in [0.5, 0.6) is 5.75 Å². The predicted octanol–water partition coefficient (Wildman–Crippen LogP) is 2.82. The smallest absolute Gasteiger partial charge is 0.159 e. The van der Waals surface area contributed by atoms with Gasteiger partial charge in [0, 0.05) is 30.7 Å². The number of Topliss-reactive ketones (excluding diaryl/α,β-unsaturated/α-hetero) is 1. The highest BCUT2D eigenvalue weighted by Crippen LogP contribution is 2.19. The monoisotopic (exact) mass is 272 g/mol. The number of hydrogen-bond acceptors (Lipinski definition) is 4. The van der Waals surface area contributed by atoms with Crippen molar-refractivity contribution in [2.45, 2.75) is 20.3 Å². The zero-order chi connectivity index (χ0) is 14.4. The number of aryl methyl sites for hydroxylation is 1. The van der Waals surface area contributed by atoms with Crippen LogP contribution in [-0.2, 0) is 0 Å². The number of carbonyl (C=O) groups is 1. The normalized spacial score (nSPS) is 13.6. The van der Waals surface area contributed by atoms with Gasteiger partial charge >= 0.3 is 0 Å². The number of rotatable bonds is 6. The molecule has 0 aromatic heterocycles. The Hall–Kier alpha value is -2.10. The van der Waals surface area contributed by atoms with Crippen molar-refractivity contribution in [2.75, 3.05) is 19.7 Å². The Morgan fingerprint density at radius 1 is 1.45 bits per heavy atom. The number of hydrogen-bond donors (Lipinski definition) is 0. The van der Waals surface area contributed by atoms with Gasteiger partial charge in [0.2, 0.25) is 0 Å². The molecule has 1 heterocycles. The molecule has 1 aromatic rings. The summed E-state index contributed by atoms with van der Waals surface area (Å²) in [7, 11) is 0. The molecule has 0 saturated heterocycles. The molecule has 0 radical (unpaired) electrons. The van der Waals surface area contributed by atoms with Crippen molar-refractivity contribution in [1.29, 1.82) is 0 Å². The second-order valence-corrected chi connectivity index (χ2v) is 4.86. The summed E-state index contributed by atoms with van der Waals surface area (Å²) >= 11 is 0. The van der Waals surface area contributed by atoms with Crippen LogP contribution in [0.3, 0.4) is 0 Å². The van der Waals surface area contributed by atoms with E-state index in [4.69, 9.17) is 4.74 Å². The van der Waals surface area contributed by atoms with Crippen molar-refractivity contribution >= 4 is 12.0 Å². The van der Waals surface area contributed by atoms with E-state index in [1.165, 1.54) is 0 Å². The molecule has 0 fully saturated rings. The number of aliphatic imine (C=N–C) groups is 1. The molecule has 106 valence electrons. The van der Waals surface area contributed by atoms with Gasteiger partial charge < -0.3 is 9.64 Å². The lowest BCUT2D eigenvalue weighted by Crippen LogP contribution is -2.23. The van der Waals surface area contributed by atoms with Gasteiger partial charge in [0.25, 0.3) is 0 Å². The molecule has 2 rings (SSSR count). The summed E-state index contributed by atoms with van der Waals surface area (Å²) in [5.41, 5.74) is 1.73. The standard InChI is InChI=1S/C16H20N2O2/c1-13-12-15(14(2)19)4-5-16(13)20-11-3-8-18-9-6-17-7-10-18/h4-7,9,12H,3,8,10-11H2,1-2H3. The van der Waals surface area contributed by atoms with Gasteiger partial charge in [-0.3, -0.25) is 9.79 Å². The first-order valence-electron chi connectivity index (χ1n) is 6.83. The molecule has 20 heavy (non-hydrogen) atoms. The van der Waals surface area contributed by atoms with Crippen molar-refractivity contribution in [1.82, 2.24) is 4.90 Å². The van der Waals surface area contributed by atoms with E-state index in [0.717, 1.165) is 36.4 Å². The van der Waals surface area contributed by atoms with Gasteiger partial charge in [-0.1, -0.05) is 0 Å². The summed E-state index contributed by atoms with van der Waals surface area (Å²) in [5, 5.41) is 0. The van der Waals surface area contributed by atoms with Crippen molar-refractivity contribution in [3.8, 4) is 5.75 Å². The molecule has 1 aliphatic rings. The van der Waals surface area contributed by atoms with E-state index >= 15 is 0 Å². The minimum atomic E-state index is 0.0817. The van der Waals surface area contributed by atoms with E-state index in [2.05, 4.69) is 9.89 Å². The van der Waals surface area contributed by atoms with Crippen LogP contribution in [0.1, 0.15) is 29.3 Å². The largest absolute Gasteiger partial charge is 0.493 e. The van der Waals surface area contributed by atoms with Crippen molar-refractivity contribution < 1.29 is 9.53 Å². The van der Waals surface area contributed by atoms with Crippen LogP contribution < -0.4 is 4.74 Å². The first-order valence-corrected chi connectivity index (χ1v) is 6.83. The van der Waals surface area contributed by atoms with E-state index in [9.17, 15) is 4.79 Å². The molecule has 0 atom stereocenters. The van der Waals surface area contributed by atoms with E-state index in [1.54, 1.807) is 13.1 Å².